The van der Waals surface area contributed by atoms with Gasteiger partial charge in [-0.2, -0.15) is 13.2 Å². The predicted molar refractivity (Wildman–Crippen MR) is 229 cm³/mol. The standard InChI is InChI=1S/C43H52F3N7O6S/c1-42(2,3)26-20-32(40(58-9)33(21-26)50-60(10,55)56)49-41(54)38-36(31-19-27(43(44,45)46)18-25(23-51(4)5)39(31)57-8)30-12-11-13-34(37(30)53(38)7)59-29-14-16-47-35(22-29)48-28-15-17-52(6)24-28/h11-14,16,18-22,28,50H,15,17,23-24H2,1-10H3,(H,47,48)(H,49,54). The van der Waals surface area contributed by atoms with Crippen molar-refractivity contribution in [1.29, 1.82) is 0 Å². The minimum Gasteiger partial charge on any atom is -0.496 e. The second kappa shape index (κ2) is 16.9. The van der Waals surface area contributed by atoms with Gasteiger partial charge in [-0.3, -0.25) is 9.52 Å². The molecule has 2 aromatic heterocycles. The first-order valence-electron chi connectivity index (χ1n) is 19.2. The van der Waals surface area contributed by atoms with Gasteiger partial charge in [-0.05, 0) is 81.5 Å². The normalized spacial score (nSPS) is 15.1. The van der Waals surface area contributed by atoms with E-state index in [0.29, 0.717) is 33.8 Å². The Hall–Kier alpha value is -5.52. The first-order chi connectivity index (χ1) is 28.1. The molecule has 0 bridgehead atoms. The highest BCUT2D eigenvalue weighted by molar-refractivity contribution is 7.92. The number of sulfonamides is 1. The van der Waals surface area contributed by atoms with Crippen molar-refractivity contribution < 1.29 is 40.6 Å². The van der Waals surface area contributed by atoms with Crippen LogP contribution in [0.15, 0.2) is 60.8 Å². The molecule has 0 aliphatic carbocycles. The van der Waals surface area contributed by atoms with Crippen molar-refractivity contribution in [2.75, 3.05) is 70.1 Å². The summed E-state index contributed by atoms with van der Waals surface area (Å²) in [5.74, 6) is 0.834. The quantitative estimate of drug-likeness (QED) is 0.106. The van der Waals surface area contributed by atoms with Gasteiger partial charge in [0.15, 0.2) is 11.5 Å². The van der Waals surface area contributed by atoms with E-state index in [1.807, 2.05) is 20.8 Å². The van der Waals surface area contributed by atoms with Crippen LogP contribution in [0.3, 0.4) is 0 Å². The van der Waals surface area contributed by atoms with Crippen molar-refractivity contribution in [2.45, 2.75) is 51.4 Å². The van der Waals surface area contributed by atoms with Crippen LogP contribution in [0.25, 0.3) is 22.0 Å². The lowest BCUT2D eigenvalue weighted by Gasteiger charge is -2.24. The molecule has 0 spiro atoms. The maximum Gasteiger partial charge on any atom is 0.416 e. The molecule has 5 aromatic rings. The van der Waals surface area contributed by atoms with Gasteiger partial charge >= 0.3 is 6.18 Å². The number of likely N-dealkylation sites (N-methyl/N-ethyl adjacent to an activating group) is 1. The monoisotopic (exact) mass is 851 g/mol. The van der Waals surface area contributed by atoms with Gasteiger partial charge < -0.3 is 39.2 Å². The molecule has 0 saturated carbocycles. The molecule has 3 aromatic carbocycles. The number of fused-ring (bicyclic) bond motifs is 1. The summed E-state index contributed by atoms with van der Waals surface area (Å²) in [6.45, 7) is 7.70. The van der Waals surface area contributed by atoms with Crippen molar-refractivity contribution >= 4 is 44.0 Å². The molecule has 1 fully saturated rings. The Bertz CT molecular complexity index is 2530. The summed E-state index contributed by atoms with van der Waals surface area (Å²) in [5, 5.41) is 6.79. The molecule has 1 aliphatic heterocycles. The number of hydrogen-bond acceptors (Lipinski definition) is 10. The first-order valence-corrected chi connectivity index (χ1v) is 21.1. The number of alkyl halides is 3. The molecule has 6 rings (SSSR count). The summed E-state index contributed by atoms with van der Waals surface area (Å²) in [5.41, 5.74) is 0.264. The molecular formula is C43H52F3N7O6S. The fraction of sp³-hybridized carbons (Fsp3) is 0.395. The zero-order chi connectivity index (χ0) is 43.9. The average Bonchev–Trinajstić information content (AvgIpc) is 3.69. The highest BCUT2D eigenvalue weighted by Gasteiger charge is 2.35. The van der Waals surface area contributed by atoms with Crippen LogP contribution in [-0.4, -0.2) is 94.4 Å². The highest BCUT2D eigenvalue weighted by atomic mass is 32.2. The lowest BCUT2D eigenvalue weighted by Crippen LogP contribution is -2.23. The molecule has 60 heavy (non-hydrogen) atoms. The van der Waals surface area contributed by atoms with Crippen molar-refractivity contribution in [1.82, 2.24) is 19.4 Å². The molecule has 17 heteroatoms. The third-order valence-electron chi connectivity index (χ3n) is 10.2. The lowest BCUT2D eigenvalue weighted by atomic mass is 9.86. The highest BCUT2D eigenvalue weighted by Crippen LogP contribution is 2.47. The topological polar surface area (TPSA) is 139 Å². The Morgan fingerprint density at radius 1 is 0.967 bits per heavy atom. The van der Waals surface area contributed by atoms with E-state index in [0.717, 1.165) is 37.9 Å². The summed E-state index contributed by atoms with van der Waals surface area (Å²) in [4.78, 5) is 23.4. The average molecular weight is 852 g/mol. The van der Waals surface area contributed by atoms with E-state index in [2.05, 4.69) is 32.3 Å². The fourth-order valence-electron chi connectivity index (χ4n) is 7.61. The Kier molecular flexibility index (Phi) is 12.4. The second-order valence-corrected chi connectivity index (χ2v) is 18.2. The molecule has 1 atom stereocenters. The van der Waals surface area contributed by atoms with Crippen molar-refractivity contribution in [3.05, 3.63) is 83.2 Å². The van der Waals surface area contributed by atoms with Gasteiger partial charge in [-0.1, -0.05) is 32.9 Å². The van der Waals surface area contributed by atoms with Crippen LogP contribution in [-0.2, 0) is 35.2 Å². The maximum atomic E-state index is 15.0. The van der Waals surface area contributed by atoms with E-state index in [4.69, 9.17) is 14.2 Å². The number of nitrogens with zero attached hydrogens (tertiary/aromatic N) is 4. The number of carbonyl (C=O) groups is 1. The predicted octanol–water partition coefficient (Wildman–Crippen LogP) is 8.17. The molecule has 1 saturated heterocycles. The number of halogens is 3. The molecule has 3 heterocycles. The second-order valence-electron chi connectivity index (χ2n) is 16.4. The Morgan fingerprint density at radius 2 is 1.67 bits per heavy atom. The number of carbonyl (C=O) groups excluding carboxylic acids is 1. The van der Waals surface area contributed by atoms with Crippen LogP contribution >= 0.6 is 0 Å². The van der Waals surface area contributed by atoms with E-state index in [1.54, 1.807) is 79.3 Å². The summed E-state index contributed by atoms with van der Waals surface area (Å²) in [6.07, 6.45) is -1.16. The summed E-state index contributed by atoms with van der Waals surface area (Å²) < 4.78 is 91.3. The molecule has 1 aliphatic rings. The van der Waals surface area contributed by atoms with Gasteiger partial charge in [-0.15, -0.1) is 0 Å². The number of anilines is 3. The van der Waals surface area contributed by atoms with Crippen molar-refractivity contribution in [2.24, 2.45) is 7.05 Å². The summed E-state index contributed by atoms with van der Waals surface area (Å²) in [6, 6.07) is 14.2. The minimum atomic E-state index is -4.74. The number of methoxy groups -OCH3 is 2. The van der Waals surface area contributed by atoms with E-state index in [-0.39, 0.29) is 57.8 Å². The van der Waals surface area contributed by atoms with Gasteiger partial charge in [0.25, 0.3) is 5.91 Å². The van der Waals surface area contributed by atoms with Crippen LogP contribution < -0.4 is 29.6 Å². The largest absolute Gasteiger partial charge is 0.496 e. The summed E-state index contributed by atoms with van der Waals surface area (Å²) >= 11 is 0. The number of ether oxygens (including phenoxy) is 3. The van der Waals surface area contributed by atoms with Crippen LogP contribution in [0, 0.1) is 0 Å². The minimum absolute atomic E-state index is 0.0299. The fourth-order valence-corrected chi connectivity index (χ4v) is 8.16. The SMILES string of the molecule is COc1c(NC(=O)c2c(-c3cc(C(F)(F)F)cc(CN(C)C)c3OC)c3cccc(Oc4ccnc(NC5CCN(C)C5)c4)c3n2C)cc(C(C)(C)C)cc1NS(C)(=O)=O. The van der Waals surface area contributed by atoms with Gasteiger partial charge in [0.1, 0.15) is 23.0 Å². The number of rotatable bonds is 13. The third-order valence-corrected chi connectivity index (χ3v) is 10.8. The van der Waals surface area contributed by atoms with E-state index >= 15 is 4.79 Å². The zero-order valence-electron chi connectivity index (χ0n) is 35.5. The van der Waals surface area contributed by atoms with Gasteiger partial charge in [0.05, 0.1) is 42.9 Å². The molecule has 13 nitrogen and oxygen atoms in total. The number of aryl methyl sites for hydroxylation is 1. The van der Waals surface area contributed by atoms with Crippen LogP contribution in [0.4, 0.5) is 30.4 Å². The van der Waals surface area contributed by atoms with Gasteiger partial charge in [-0.25, -0.2) is 13.4 Å². The number of benzene rings is 3. The molecule has 0 radical (unpaired) electrons. The van der Waals surface area contributed by atoms with Crippen molar-refractivity contribution in [3.8, 4) is 34.1 Å². The Balaban J connectivity index is 1.59. The number of pyridine rings is 1. The molecule has 322 valence electrons. The number of amides is 1. The molecular weight excluding hydrogens is 800 g/mol. The Labute approximate surface area is 348 Å². The van der Waals surface area contributed by atoms with E-state index in [1.165, 1.54) is 14.2 Å². The van der Waals surface area contributed by atoms with E-state index < -0.39 is 33.1 Å². The molecule has 1 amide bonds. The Morgan fingerprint density at radius 3 is 2.27 bits per heavy atom. The van der Waals surface area contributed by atoms with E-state index in [9.17, 15) is 21.6 Å². The molecule has 3 N–H and O–H groups in total. The lowest BCUT2D eigenvalue weighted by molar-refractivity contribution is -0.137. The first kappa shape index (κ1) is 44.0. The van der Waals surface area contributed by atoms with Crippen LogP contribution in [0.1, 0.15) is 54.4 Å². The molecule has 1 unspecified atom stereocenters. The number of nitrogens with one attached hydrogen (secondary N) is 3. The van der Waals surface area contributed by atoms with Gasteiger partial charge in [0.2, 0.25) is 10.0 Å². The zero-order valence-corrected chi connectivity index (χ0v) is 36.3. The number of aromatic nitrogens is 2. The van der Waals surface area contributed by atoms with Crippen molar-refractivity contribution in [3.63, 3.8) is 0 Å². The van der Waals surface area contributed by atoms with Crippen LogP contribution in [0.2, 0.25) is 0 Å². The number of hydrogen-bond donors (Lipinski definition) is 3. The smallest absolute Gasteiger partial charge is 0.416 e. The number of para-hydroxylation sites is 1. The van der Waals surface area contributed by atoms with Gasteiger partial charge in [0, 0.05) is 60.5 Å². The third kappa shape index (κ3) is 9.58. The summed E-state index contributed by atoms with van der Waals surface area (Å²) in [7, 11) is 6.08. The number of likely N-dealkylation sites (tertiary alicyclic amines) is 1. The maximum absolute atomic E-state index is 15.0. The van der Waals surface area contributed by atoms with Crippen LogP contribution in [0.5, 0.6) is 23.0 Å².